The van der Waals surface area contributed by atoms with E-state index in [9.17, 15) is 14.4 Å². The van der Waals surface area contributed by atoms with Gasteiger partial charge in [-0.1, -0.05) is 12.1 Å². The van der Waals surface area contributed by atoms with E-state index in [1.807, 2.05) is 0 Å². The van der Waals surface area contributed by atoms with Crippen LogP contribution in [0.4, 0.5) is 0 Å². The molecule has 0 spiro atoms. The Morgan fingerprint density at radius 2 is 1.59 bits per heavy atom. The largest absolute Gasteiger partial charge is 0.480 e. The van der Waals surface area contributed by atoms with Crippen molar-refractivity contribution in [3.05, 3.63) is 35.4 Å². The van der Waals surface area contributed by atoms with E-state index in [1.165, 1.54) is 19.1 Å². The summed E-state index contributed by atoms with van der Waals surface area (Å²) in [4.78, 5) is 35.1. The molecule has 1 N–H and O–H groups in total. The van der Waals surface area contributed by atoms with Crippen molar-refractivity contribution in [2.45, 2.75) is 13.0 Å². The van der Waals surface area contributed by atoms with Gasteiger partial charge in [-0.05, 0) is 19.1 Å². The Kier molecular flexibility index (Phi) is 3.53. The van der Waals surface area contributed by atoms with Crippen LogP contribution in [0.25, 0.3) is 0 Å². The Balaban J connectivity index is 0.00000144. The smallest absolute Gasteiger partial charge is 0.326 e. The Bertz CT molecular complexity index is 465. The summed E-state index contributed by atoms with van der Waals surface area (Å²) in [5.41, 5.74) is 0.529. The van der Waals surface area contributed by atoms with Crippen molar-refractivity contribution in [1.82, 2.24) is 4.90 Å². The standard InChI is InChI=1S/C11H9NO4.ClH/c1-6(11(15)16)12-9(13)7-4-2-3-5-8(7)10(12)14;/h2-6H,1H3,(H,15,16);1H/t6-;/m0./s1. The van der Waals surface area contributed by atoms with Gasteiger partial charge in [0.2, 0.25) is 0 Å². The lowest BCUT2D eigenvalue weighted by Crippen LogP contribution is -2.42. The Hall–Kier alpha value is -1.88. The number of amides is 2. The van der Waals surface area contributed by atoms with Crippen LogP contribution in [-0.4, -0.2) is 33.8 Å². The van der Waals surface area contributed by atoms with E-state index >= 15 is 0 Å². The number of carbonyl (C=O) groups is 3. The summed E-state index contributed by atoms with van der Waals surface area (Å²) in [6, 6.07) is 5.17. The molecule has 1 aromatic carbocycles. The van der Waals surface area contributed by atoms with E-state index in [2.05, 4.69) is 0 Å². The molecule has 2 rings (SSSR count). The number of benzene rings is 1. The molecule has 6 heteroatoms. The first-order chi connectivity index (χ1) is 7.54. The van der Waals surface area contributed by atoms with E-state index in [0.29, 0.717) is 0 Å². The molecule has 1 aliphatic rings. The predicted octanol–water partition coefficient (Wildman–Crippen LogP) is 1.18. The first-order valence-corrected chi connectivity index (χ1v) is 4.73. The molecule has 2 amide bonds. The summed E-state index contributed by atoms with van der Waals surface area (Å²) in [6.07, 6.45) is 0. The van der Waals surface area contributed by atoms with Gasteiger partial charge in [-0.25, -0.2) is 4.79 Å². The lowest BCUT2D eigenvalue weighted by Gasteiger charge is -2.17. The molecule has 90 valence electrons. The lowest BCUT2D eigenvalue weighted by molar-refractivity contribution is -0.140. The van der Waals surface area contributed by atoms with Crippen LogP contribution in [0.5, 0.6) is 0 Å². The van der Waals surface area contributed by atoms with E-state index in [4.69, 9.17) is 5.11 Å². The van der Waals surface area contributed by atoms with Crippen LogP contribution in [0.2, 0.25) is 0 Å². The molecule has 17 heavy (non-hydrogen) atoms. The third kappa shape index (κ3) is 1.89. The molecule has 0 radical (unpaired) electrons. The fourth-order valence-corrected chi connectivity index (χ4v) is 1.67. The van der Waals surface area contributed by atoms with Crippen molar-refractivity contribution >= 4 is 30.2 Å². The van der Waals surface area contributed by atoms with Gasteiger partial charge in [0.1, 0.15) is 6.04 Å². The van der Waals surface area contributed by atoms with Crippen LogP contribution in [0.1, 0.15) is 27.6 Å². The minimum atomic E-state index is -1.20. The van der Waals surface area contributed by atoms with Gasteiger partial charge >= 0.3 is 5.97 Å². The van der Waals surface area contributed by atoms with Gasteiger partial charge in [-0.2, -0.15) is 0 Å². The van der Waals surface area contributed by atoms with E-state index in [1.54, 1.807) is 12.1 Å². The minimum absolute atomic E-state index is 0. The Labute approximate surface area is 103 Å². The van der Waals surface area contributed by atoms with Gasteiger partial charge in [0.25, 0.3) is 11.8 Å². The first-order valence-electron chi connectivity index (χ1n) is 4.73. The maximum Gasteiger partial charge on any atom is 0.326 e. The van der Waals surface area contributed by atoms with Crippen LogP contribution in [0.15, 0.2) is 24.3 Å². The van der Waals surface area contributed by atoms with E-state index < -0.39 is 23.8 Å². The molecule has 1 aromatic rings. The fourth-order valence-electron chi connectivity index (χ4n) is 1.67. The monoisotopic (exact) mass is 255 g/mol. The van der Waals surface area contributed by atoms with Gasteiger partial charge in [-0.15, -0.1) is 12.4 Å². The Morgan fingerprint density at radius 1 is 1.18 bits per heavy atom. The molecule has 1 atom stereocenters. The number of hydrogen-bond donors (Lipinski definition) is 1. The number of carboxylic acids is 1. The maximum atomic E-state index is 11.8. The normalized spacial score (nSPS) is 15.2. The van der Waals surface area contributed by atoms with Gasteiger partial charge < -0.3 is 5.11 Å². The van der Waals surface area contributed by atoms with Crippen LogP contribution in [0, 0.1) is 0 Å². The van der Waals surface area contributed by atoms with E-state index in [0.717, 1.165) is 4.90 Å². The third-order valence-electron chi connectivity index (χ3n) is 2.57. The number of imide groups is 1. The second kappa shape index (κ2) is 4.55. The summed E-state index contributed by atoms with van der Waals surface area (Å²) in [5.74, 6) is -2.29. The second-order valence-electron chi connectivity index (χ2n) is 3.54. The number of aliphatic carboxylic acids is 1. The highest BCUT2D eigenvalue weighted by Gasteiger charge is 2.40. The molecule has 0 saturated heterocycles. The number of halogens is 1. The average Bonchev–Trinajstić information content (AvgIpc) is 2.52. The Morgan fingerprint density at radius 3 is 1.94 bits per heavy atom. The van der Waals surface area contributed by atoms with E-state index in [-0.39, 0.29) is 23.5 Å². The number of rotatable bonds is 2. The van der Waals surface area contributed by atoms with Crippen LogP contribution in [-0.2, 0) is 4.79 Å². The van der Waals surface area contributed by atoms with Crippen LogP contribution >= 0.6 is 12.4 Å². The summed E-state index contributed by atoms with van der Waals surface area (Å²) in [7, 11) is 0. The van der Waals surface area contributed by atoms with Gasteiger partial charge in [-0.3, -0.25) is 14.5 Å². The molecule has 0 aromatic heterocycles. The van der Waals surface area contributed by atoms with Crippen molar-refractivity contribution in [1.29, 1.82) is 0 Å². The molecule has 0 unspecified atom stereocenters. The summed E-state index contributed by atoms with van der Waals surface area (Å²) < 4.78 is 0. The topological polar surface area (TPSA) is 74.7 Å². The predicted molar refractivity (Wildman–Crippen MR) is 61.3 cm³/mol. The average molecular weight is 256 g/mol. The zero-order chi connectivity index (χ0) is 11.9. The number of nitrogens with zero attached hydrogens (tertiary/aromatic N) is 1. The molecular formula is C11H10ClNO4. The van der Waals surface area contributed by atoms with Crippen molar-refractivity contribution in [2.75, 3.05) is 0 Å². The van der Waals surface area contributed by atoms with Gasteiger partial charge in [0.05, 0.1) is 11.1 Å². The zero-order valence-electron chi connectivity index (χ0n) is 8.91. The molecule has 1 heterocycles. The summed E-state index contributed by atoms with van der Waals surface area (Å²) >= 11 is 0. The van der Waals surface area contributed by atoms with Crippen molar-refractivity contribution < 1.29 is 19.5 Å². The quantitative estimate of drug-likeness (QED) is 0.805. The van der Waals surface area contributed by atoms with Crippen LogP contribution < -0.4 is 0 Å². The van der Waals surface area contributed by atoms with Crippen molar-refractivity contribution in [3.8, 4) is 0 Å². The highest BCUT2D eigenvalue weighted by molar-refractivity contribution is 6.22. The molecule has 0 fully saturated rings. The number of carboxylic acid groups (broad SMARTS) is 1. The molecule has 1 aliphatic heterocycles. The van der Waals surface area contributed by atoms with Gasteiger partial charge in [0, 0.05) is 0 Å². The number of carbonyl (C=O) groups excluding carboxylic acids is 2. The lowest BCUT2D eigenvalue weighted by atomic mass is 10.1. The van der Waals surface area contributed by atoms with Crippen molar-refractivity contribution in [2.24, 2.45) is 0 Å². The van der Waals surface area contributed by atoms with Crippen LogP contribution in [0.3, 0.4) is 0 Å². The SMILES string of the molecule is C[C@@H](C(=O)O)N1C(=O)c2ccccc2C1=O.Cl. The zero-order valence-corrected chi connectivity index (χ0v) is 9.73. The molecule has 5 nitrogen and oxygen atoms in total. The fraction of sp³-hybridized carbons (Fsp3) is 0.182. The highest BCUT2D eigenvalue weighted by Crippen LogP contribution is 2.24. The molecule has 0 aliphatic carbocycles. The second-order valence-corrected chi connectivity index (χ2v) is 3.54. The summed E-state index contributed by atoms with van der Waals surface area (Å²) in [6.45, 7) is 1.31. The minimum Gasteiger partial charge on any atom is -0.480 e. The third-order valence-corrected chi connectivity index (χ3v) is 2.57. The molecule has 0 saturated carbocycles. The van der Waals surface area contributed by atoms with Gasteiger partial charge in [0.15, 0.2) is 0 Å². The van der Waals surface area contributed by atoms with Crippen molar-refractivity contribution in [3.63, 3.8) is 0 Å². The summed E-state index contributed by atoms with van der Waals surface area (Å²) in [5, 5.41) is 8.81. The molecule has 0 bridgehead atoms. The first kappa shape index (κ1) is 13.2. The molecular weight excluding hydrogens is 246 g/mol. The number of fused-ring (bicyclic) bond motifs is 1. The highest BCUT2D eigenvalue weighted by atomic mass is 35.5. The number of hydrogen-bond acceptors (Lipinski definition) is 3. The maximum absolute atomic E-state index is 11.8.